The maximum atomic E-state index is 4.65. The van der Waals surface area contributed by atoms with Crippen molar-refractivity contribution in [2.75, 3.05) is 20.6 Å². The van der Waals surface area contributed by atoms with Gasteiger partial charge in [-0.15, -0.1) is 10.2 Å². The highest BCUT2D eigenvalue weighted by Gasteiger charge is 2.15. The molecule has 1 aromatic carbocycles. The van der Waals surface area contributed by atoms with Crippen molar-refractivity contribution in [1.82, 2.24) is 44.7 Å². The summed E-state index contributed by atoms with van der Waals surface area (Å²) in [6.07, 6.45) is 0. The number of fused-ring (bicyclic) bond motifs is 1. The summed E-state index contributed by atoms with van der Waals surface area (Å²) < 4.78 is 3.56. The van der Waals surface area contributed by atoms with Crippen LogP contribution in [-0.2, 0) is 12.3 Å². The van der Waals surface area contributed by atoms with Crippen molar-refractivity contribution in [3.05, 3.63) is 47.7 Å². The highest BCUT2D eigenvalue weighted by molar-refractivity contribution is 7.99. The fraction of sp³-hybridized carbons (Fsp3) is 0.333. The van der Waals surface area contributed by atoms with Crippen LogP contribution in [0.25, 0.3) is 5.78 Å². The number of hydrogen-bond acceptors (Lipinski definition) is 9. The van der Waals surface area contributed by atoms with E-state index in [9.17, 15) is 0 Å². The lowest BCUT2D eigenvalue weighted by Gasteiger charge is -2.10. The molecule has 0 saturated heterocycles. The zero-order chi connectivity index (χ0) is 20.2. The average Bonchev–Trinajstić information content (AvgIpc) is 3.32. The predicted molar refractivity (Wildman–Crippen MR) is 112 cm³/mol. The molecule has 150 valence electrons. The van der Waals surface area contributed by atoms with Gasteiger partial charge in [0, 0.05) is 18.0 Å². The van der Waals surface area contributed by atoms with E-state index in [0.717, 1.165) is 23.0 Å². The fourth-order valence-corrected chi connectivity index (χ4v) is 4.30. The van der Waals surface area contributed by atoms with Crippen molar-refractivity contribution >= 4 is 29.3 Å². The van der Waals surface area contributed by atoms with Crippen LogP contribution in [0, 0.1) is 6.92 Å². The topological polar surface area (TPSA) is 89.9 Å². The zero-order valence-corrected chi connectivity index (χ0v) is 18.1. The minimum absolute atomic E-state index is 0.579. The molecule has 11 heteroatoms. The van der Waals surface area contributed by atoms with Gasteiger partial charge < -0.3 is 4.90 Å². The number of nitrogens with zero attached hydrogens (tertiary/aromatic N) is 9. The third kappa shape index (κ3) is 4.92. The Kier molecular flexibility index (Phi) is 6.07. The number of likely N-dealkylation sites (N-methyl/N-ethyl adjacent to an activating group) is 1. The summed E-state index contributed by atoms with van der Waals surface area (Å²) in [5.74, 6) is 1.39. The van der Waals surface area contributed by atoms with Crippen molar-refractivity contribution in [1.29, 1.82) is 0 Å². The van der Waals surface area contributed by atoms with Gasteiger partial charge in [-0.1, -0.05) is 42.1 Å². The summed E-state index contributed by atoms with van der Waals surface area (Å²) in [6.45, 7) is 3.52. The lowest BCUT2D eigenvalue weighted by atomic mass is 10.2. The number of benzene rings is 1. The van der Waals surface area contributed by atoms with E-state index in [1.54, 1.807) is 21.0 Å². The zero-order valence-electron chi connectivity index (χ0n) is 16.4. The molecule has 0 aliphatic heterocycles. The Balaban J connectivity index is 1.57. The van der Waals surface area contributed by atoms with Crippen molar-refractivity contribution in [3.8, 4) is 0 Å². The van der Waals surface area contributed by atoms with Gasteiger partial charge in [-0.2, -0.15) is 9.50 Å². The number of hydrogen-bond donors (Lipinski definition) is 0. The Morgan fingerprint density at radius 1 is 1.10 bits per heavy atom. The van der Waals surface area contributed by atoms with Gasteiger partial charge in [-0.3, -0.25) is 0 Å². The third-order valence-corrected chi connectivity index (χ3v) is 5.94. The first-order valence-corrected chi connectivity index (χ1v) is 10.9. The van der Waals surface area contributed by atoms with Crippen LogP contribution in [-0.4, -0.2) is 65.3 Å². The van der Waals surface area contributed by atoms with Crippen molar-refractivity contribution in [3.63, 3.8) is 0 Å². The van der Waals surface area contributed by atoms with Crippen molar-refractivity contribution < 1.29 is 0 Å². The Bertz CT molecular complexity index is 1090. The van der Waals surface area contributed by atoms with Gasteiger partial charge in [-0.05, 0) is 54.8 Å². The SMILES string of the molecule is Cc1cc(Sc2nnnn2CCN(C)C)n2nc(SCc3ccccc3)nc2n1. The molecule has 29 heavy (non-hydrogen) atoms. The summed E-state index contributed by atoms with van der Waals surface area (Å²) in [6, 6.07) is 12.3. The molecular formula is C18H21N9S2. The van der Waals surface area contributed by atoms with Gasteiger partial charge in [0.15, 0.2) is 0 Å². The first kappa shape index (κ1) is 19.8. The van der Waals surface area contributed by atoms with Crippen LogP contribution in [0.15, 0.2) is 51.7 Å². The van der Waals surface area contributed by atoms with Crippen LogP contribution >= 0.6 is 23.5 Å². The van der Waals surface area contributed by atoms with Gasteiger partial charge in [0.1, 0.15) is 5.03 Å². The summed E-state index contributed by atoms with van der Waals surface area (Å²) in [4.78, 5) is 11.2. The van der Waals surface area contributed by atoms with E-state index in [4.69, 9.17) is 0 Å². The minimum atomic E-state index is 0.579. The molecule has 0 bridgehead atoms. The summed E-state index contributed by atoms with van der Waals surface area (Å²) >= 11 is 3.06. The third-order valence-electron chi connectivity index (χ3n) is 4.05. The molecule has 0 unspecified atom stereocenters. The quantitative estimate of drug-likeness (QED) is 0.310. The molecule has 3 aromatic heterocycles. The standard InChI is InChI=1S/C18H21N9S2/c1-13-11-15(29-18-21-23-24-26(18)10-9-25(2)3)27-16(19-13)20-17(22-27)28-12-14-7-5-4-6-8-14/h4-8,11H,9-10,12H2,1-3H3. The number of aryl methyl sites for hydroxylation is 1. The van der Waals surface area contributed by atoms with E-state index in [1.807, 2.05) is 45.3 Å². The Labute approximate surface area is 176 Å². The first-order valence-electron chi connectivity index (χ1n) is 9.08. The van der Waals surface area contributed by atoms with E-state index in [0.29, 0.717) is 22.6 Å². The van der Waals surface area contributed by atoms with Crippen LogP contribution in [0.3, 0.4) is 0 Å². The molecule has 4 rings (SSSR count). The number of aromatic nitrogens is 8. The van der Waals surface area contributed by atoms with Crippen LogP contribution in [0.5, 0.6) is 0 Å². The van der Waals surface area contributed by atoms with E-state index >= 15 is 0 Å². The van der Waals surface area contributed by atoms with Crippen LogP contribution in [0.2, 0.25) is 0 Å². The molecule has 0 amide bonds. The van der Waals surface area contributed by atoms with Gasteiger partial charge in [0.2, 0.25) is 10.3 Å². The monoisotopic (exact) mass is 427 g/mol. The smallest absolute Gasteiger partial charge is 0.254 e. The molecule has 9 nitrogen and oxygen atoms in total. The van der Waals surface area contributed by atoms with Crippen molar-refractivity contribution in [2.45, 2.75) is 34.6 Å². The van der Waals surface area contributed by atoms with Gasteiger partial charge in [0.25, 0.3) is 5.78 Å². The Morgan fingerprint density at radius 2 is 1.93 bits per heavy atom. The summed E-state index contributed by atoms with van der Waals surface area (Å²) in [5, 5.41) is 19.0. The molecule has 4 aromatic rings. The fourth-order valence-electron chi connectivity index (χ4n) is 2.59. The summed E-state index contributed by atoms with van der Waals surface area (Å²) in [5.41, 5.74) is 2.11. The highest BCUT2D eigenvalue weighted by atomic mass is 32.2. The van der Waals surface area contributed by atoms with E-state index < -0.39 is 0 Å². The van der Waals surface area contributed by atoms with Crippen LogP contribution in [0.1, 0.15) is 11.3 Å². The molecule has 0 spiro atoms. The average molecular weight is 428 g/mol. The molecule has 3 heterocycles. The van der Waals surface area contributed by atoms with E-state index in [1.165, 1.54) is 17.3 Å². The molecule has 0 aliphatic rings. The Hall–Kier alpha value is -2.50. The second-order valence-corrected chi connectivity index (χ2v) is 8.64. The van der Waals surface area contributed by atoms with E-state index in [2.05, 4.69) is 47.6 Å². The maximum Gasteiger partial charge on any atom is 0.254 e. The second kappa shape index (κ2) is 8.89. The normalized spacial score (nSPS) is 11.6. The van der Waals surface area contributed by atoms with Gasteiger partial charge in [0.05, 0.1) is 6.54 Å². The molecule has 0 atom stereocenters. The molecule has 0 saturated carbocycles. The summed E-state index contributed by atoms with van der Waals surface area (Å²) in [7, 11) is 4.05. The lowest BCUT2D eigenvalue weighted by Crippen LogP contribution is -2.19. The highest BCUT2D eigenvalue weighted by Crippen LogP contribution is 2.27. The predicted octanol–water partition coefficient (Wildman–Crippen LogP) is 2.42. The second-order valence-electron chi connectivity index (χ2n) is 6.71. The van der Waals surface area contributed by atoms with Crippen LogP contribution in [0.4, 0.5) is 0 Å². The molecule has 0 N–H and O–H groups in total. The number of tetrazole rings is 1. The van der Waals surface area contributed by atoms with Crippen molar-refractivity contribution in [2.24, 2.45) is 0 Å². The van der Waals surface area contributed by atoms with Crippen LogP contribution < -0.4 is 0 Å². The van der Waals surface area contributed by atoms with E-state index in [-0.39, 0.29) is 0 Å². The minimum Gasteiger partial charge on any atom is -0.308 e. The molecule has 0 fully saturated rings. The molecule has 0 aliphatic carbocycles. The molecule has 0 radical (unpaired) electrons. The van der Waals surface area contributed by atoms with Gasteiger partial charge in [-0.25, -0.2) is 9.67 Å². The molecular weight excluding hydrogens is 406 g/mol. The lowest BCUT2D eigenvalue weighted by molar-refractivity contribution is 0.361. The largest absolute Gasteiger partial charge is 0.308 e. The Morgan fingerprint density at radius 3 is 2.72 bits per heavy atom. The number of thioether (sulfide) groups is 1. The maximum absolute atomic E-state index is 4.65. The van der Waals surface area contributed by atoms with Gasteiger partial charge >= 0.3 is 0 Å². The first-order chi connectivity index (χ1) is 14.1. The number of rotatable bonds is 8.